The molecule has 26 heavy (non-hydrogen) atoms. The van der Waals surface area contributed by atoms with Gasteiger partial charge in [0.2, 0.25) is 0 Å². The van der Waals surface area contributed by atoms with Crippen molar-refractivity contribution in [2.24, 2.45) is 7.05 Å². The number of fused-ring (bicyclic) bond motifs is 3. The molecule has 132 valence electrons. The van der Waals surface area contributed by atoms with Crippen LogP contribution in [0.4, 0.5) is 0 Å². The molecule has 0 aliphatic carbocycles. The summed E-state index contributed by atoms with van der Waals surface area (Å²) in [6, 6.07) is 10.2. The second-order valence-corrected chi connectivity index (χ2v) is 7.22. The predicted molar refractivity (Wildman–Crippen MR) is 96.7 cm³/mol. The van der Waals surface area contributed by atoms with E-state index in [4.69, 9.17) is 4.74 Å². The fraction of sp³-hybridized carbons (Fsp3) is 0.350. The van der Waals surface area contributed by atoms with Gasteiger partial charge in [-0.15, -0.1) is 0 Å². The Morgan fingerprint density at radius 1 is 1.31 bits per heavy atom. The second kappa shape index (κ2) is 5.38. The lowest BCUT2D eigenvalue weighted by Gasteiger charge is -2.24. The van der Waals surface area contributed by atoms with Gasteiger partial charge in [0.25, 0.3) is 5.91 Å². The highest BCUT2D eigenvalue weighted by molar-refractivity contribution is 5.97. The summed E-state index contributed by atoms with van der Waals surface area (Å²) in [7, 11) is 1.86. The molecule has 6 nitrogen and oxygen atoms in total. The van der Waals surface area contributed by atoms with Crippen molar-refractivity contribution in [1.29, 1.82) is 0 Å². The first-order valence-corrected chi connectivity index (χ1v) is 8.88. The topological polar surface area (TPSA) is 60.2 Å². The number of aryl methyl sites for hydroxylation is 2. The first-order chi connectivity index (χ1) is 12.6. The van der Waals surface area contributed by atoms with Crippen LogP contribution >= 0.6 is 0 Å². The molecule has 1 fully saturated rings. The molecule has 0 unspecified atom stereocenters. The van der Waals surface area contributed by atoms with Crippen molar-refractivity contribution in [2.75, 3.05) is 13.1 Å². The smallest absolute Gasteiger partial charge is 0.255 e. The van der Waals surface area contributed by atoms with Gasteiger partial charge in [-0.05, 0) is 30.5 Å². The van der Waals surface area contributed by atoms with Crippen molar-refractivity contribution in [1.82, 2.24) is 19.7 Å². The molecule has 0 N–H and O–H groups in total. The van der Waals surface area contributed by atoms with E-state index >= 15 is 0 Å². The number of rotatable bonds is 1. The summed E-state index contributed by atoms with van der Waals surface area (Å²) in [5.41, 5.74) is 4.40. The van der Waals surface area contributed by atoms with Gasteiger partial charge < -0.3 is 9.64 Å². The highest BCUT2D eigenvalue weighted by atomic mass is 16.5. The fourth-order valence-electron chi connectivity index (χ4n) is 4.28. The molecule has 2 aromatic heterocycles. The van der Waals surface area contributed by atoms with Crippen molar-refractivity contribution in [3.05, 3.63) is 58.9 Å². The van der Waals surface area contributed by atoms with Crippen molar-refractivity contribution in [3.63, 3.8) is 0 Å². The Balaban J connectivity index is 1.45. The molecule has 2 aliphatic heterocycles. The summed E-state index contributed by atoms with van der Waals surface area (Å²) < 4.78 is 7.90. The largest absolute Gasteiger partial charge is 0.364 e. The molecule has 2 aliphatic rings. The van der Waals surface area contributed by atoms with Crippen LogP contribution in [0.3, 0.4) is 0 Å². The number of carbonyl (C=O) groups excluding carboxylic acids is 1. The number of likely N-dealkylation sites (tertiary alicyclic amines) is 1. The Labute approximate surface area is 151 Å². The van der Waals surface area contributed by atoms with Crippen molar-refractivity contribution < 1.29 is 9.53 Å². The van der Waals surface area contributed by atoms with E-state index in [1.807, 2.05) is 37.1 Å². The van der Waals surface area contributed by atoms with Crippen LogP contribution in [0.25, 0.3) is 11.0 Å². The van der Waals surface area contributed by atoms with Crippen LogP contribution in [0.2, 0.25) is 0 Å². The number of hydrogen-bond acceptors (Lipinski definition) is 4. The number of ether oxygens (including phenoxy) is 1. The van der Waals surface area contributed by atoms with E-state index in [9.17, 15) is 4.79 Å². The summed E-state index contributed by atoms with van der Waals surface area (Å²) in [4.78, 5) is 19.4. The third-order valence-electron chi connectivity index (χ3n) is 5.64. The molecule has 0 bridgehead atoms. The molecule has 4 heterocycles. The Bertz CT molecular complexity index is 1040. The molecular weight excluding hydrogens is 328 g/mol. The minimum atomic E-state index is -0.353. The zero-order chi connectivity index (χ0) is 17.9. The monoisotopic (exact) mass is 348 g/mol. The summed E-state index contributed by atoms with van der Waals surface area (Å²) >= 11 is 0. The van der Waals surface area contributed by atoms with Gasteiger partial charge in [-0.2, -0.15) is 5.10 Å². The minimum Gasteiger partial charge on any atom is -0.364 e. The predicted octanol–water partition coefficient (Wildman–Crippen LogP) is 2.55. The third kappa shape index (κ3) is 2.12. The van der Waals surface area contributed by atoms with Gasteiger partial charge in [-0.1, -0.05) is 24.3 Å². The summed E-state index contributed by atoms with van der Waals surface area (Å²) in [5, 5.41) is 5.31. The lowest BCUT2D eigenvalue weighted by atomic mass is 9.92. The Kier molecular flexibility index (Phi) is 3.21. The normalized spacial score (nSPS) is 21.7. The zero-order valence-electron chi connectivity index (χ0n) is 14.9. The minimum absolute atomic E-state index is 0.00695. The van der Waals surface area contributed by atoms with E-state index in [2.05, 4.69) is 22.2 Å². The van der Waals surface area contributed by atoms with Crippen molar-refractivity contribution in [3.8, 4) is 0 Å². The van der Waals surface area contributed by atoms with Gasteiger partial charge in [0.05, 0.1) is 24.4 Å². The van der Waals surface area contributed by atoms with E-state index in [0.717, 1.165) is 23.1 Å². The van der Waals surface area contributed by atoms with Gasteiger partial charge in [-0.3, -0.25) is 9.48 Å². The molecule has 1 saturated heterocycles. The molecule has 5 rings (SSSR count). The van der Waals surface area contributed by atoms with Crippen LogP contribution in [0.5, 0.6) is 0 Å². The summed E-state index contributed by atoms with van der Waals surface area (Å²) in [6.45, 7) is 3.84. The average Bonchev–Trinajstić information content (AvgIpc) is 3.33. The molecule has 1 amide bonds. The standard InChI is InChI=1S/C20H20N4O2/c1-13-16-9-15(10-21-18(16)23(2)22-13)19(25)24-8-7-20(12-24)17-6-4-3-5-14(17)11-26-20/h3-6,9-10H,7-8,11-12H2,1-2H3/t20-/m1/s1. The fourth-order valence-corrected chi connectivity index (χ4v) is 4.28. The lowest BCUT2D eigenvalue weighted by molar-refractivity contribution is -0.0283. The number of carbonyl (C=O) groups is 1. The maximum atomic E-state index is 13.1. The molecule has 0 radical (unpaired) electrons. The Morgan fingerprint density at radius 2 is 2.15 bits per heavy atom. The van der Waals surface area contributed by atoms with Crippen molar-refractivity contribution in [2.45, 2.75) is 25.6 Å². The maximum Gasteiger partial charge on any atom is 0.255 e. The first kappa shape index (κ1) is 15.5. The van der Waals surface area contributed by atoms with E-state index in [1.165, 1.54) is 11.1 Å². The van der Waals surface area contributed by atoms with Gasteiger partial charge in [-0.25, -0.2) is 4.98 Å². The van der Waals surface area contributed by atoms with Crippen molar-refractivity contribution >= 4 is 16.9 Å². The van der Waals surface area contributed by atoms with Crippen LogP contribution in [-0.4, -0.2) is 38.7 Å². The number of pyridine rings is 1. The molecular formula is C20H20N4O2. The summed E-state index contributed by atoms with van der Waals surface area (Å²) in [5.74, 6) is 0.00695. The number of aromatic nitrogens is 3. The second-order valence-electron chi connectivity index (χ2n) is 7.22. The highest BCUT2D eigenvalue weighted by Crippen LogP contribution is 2.43. The molecule has 0 saturated carbocycles. The number of nitrogens with zero attached hydrogens (tertiary/aromatic N) is 4. The van der Waals surface area contributed by atoms with Crippen LogP contribution in [0.1, 0.15) is 33.6 Å². The molecule has 1 spiro atoms. The number of benzene rings is 1. The summed E-state index contributed by atoms with van der Waals surface area (Å²) in [6.07, 6.45) is 2.48. The molecule has 6 heteroatoms. The van der Waals surface area contributed by atoms with Crippen LogP contribution < -0.4 is 0 Å². The quantitative estimate of drug-likeness (QED) is 0.678. The third-order valence-corrected chi connectivity index (χ3v) is 5.64. The van der Waals surface area contributed by atoms with E-state index in [0.29, 0.717) is 25.3 Å². The lowest BCUT2D eigenvalue weighted by Crippen LogP contribution is -2.34. The van der Waals surface area contributed by atoms with Crippen LogP contribution in [0.15, 0.2) is 36.5 Å². The van der Waals surface area contributed by atoms with Gasteiger partial charge >= 0.3 is 0 Å². The van der Waals surface area contributed by atoms with Gasteiger partial charge in [0.1, 0.15) is 5.60 Å². The van der Waals surface area contributed by atoms with Gasteiger partial charge in [0, 0.05) is 25.2 Å². The average molecular weight is 348 g/mol. The van der Waals surface area contributed by atoms with Gasteiger partial charge in [0.15, 0.2) is 5.65 Å². The molecule has 1 atom stereocenters. The van der Waals surface area contributed by atoms with E-state index < -0.39 is 0 Å². The highest BCUT2D eigenvalue weighted by Gasteiger charge is 2.46. The molecule has 1 aromatic carbocycles. The maximum absolute atomic E-state index is 13.1. The molecule has 3 aromatic rings. The van der Waals surface area contributed by atoms with Crippen LogP contribution in [-0.2, 0) is 24.0 Å². The van der Waals surface area contributed by atoms with E-state index in [-0.39, 0.29) is 11.5 Å². The SMILES string of the molecule is Cc1nn(C)c2ncc(C(=O)N3CC[C@]4(C3)OCc3ccccc34)cc12. The Morgan fingerprint density at radius 3 is 3.04 bits per heavy atom. The number of hydrogen-bond donors (Lipinski definition) is 0. The zero-order valence-corrected chi connectivity index (χ0v) is 14.9. The first-order valence-electron chi connectivity index (χ1n) is 8.88. The van der Waals surface area contributed by atoms with Crippen LogP contribution in [0, 0.1) is 6.92 Å². The number of amides is 1. The Hall–Kier alpha value is -2.73. The van der Waals surface area contributed by atoms with E-state index in [1.54, 1.807) is 10.9 Å².